The molecule has 0 amide bonds. The van der Waals surface area contributed by atoms with Crippen molar-refractivity contribution in [2.45, 2.75) is 46.0 Å². The highest BCUT2D eigenvalue weighted by Gasteiger charge is 2.15. The summed E-state index contributed by atoms with van der Waals surface area (Å²) in [5.74, 6) is -0.546. The number of nitrogens with zero attached hydrogens (tertiary/aromatic N) is 3. The lowest BCUT2D eigenvalue weighted by molar-refractivity contribution is 0.0683. The van der Waals surface area contributed by atoms with Crippen molar-refractivity contribution in [1.29, 1.82) is 0 Å². The molecule has 112 valence electrons. The predicted octanol–water partition coefficient (Wildman–Crippen LogP) is 3.26. The molecular formula is C16H21N3O2. The first-order chi connectivity index (χ1) is 10.2. The maximum atomic E-state index is 11.0. The van der Waals surface area contributed by atoms with Gasteiger partial charge in [-0.1, -0.05) is 32.4 Å². The number of carboxylic acid groups (broad SMARTS) is 1. The van der Waals surface area contributed by atoms with Crippen LogP contribution in [0.4, 0.5) is 0 Å². The fourth-order valence-corrected chi connectivity index (χ4v) is 2.21. The van der Waals surface area contributed by atoms with Crippen LogP contribution in [0.25, 0.3) is 5.69 Å². The van der Waals surface area contributed by atoms with Gasteiger partial charge in [0.05, 0.1) is 5.69 Å². The summed E-state index contributed by atoms with van der Waals surface area (Å²) in [4.78, 5) is 15.1. The van der Waals surface area contributed by atoms with Crippen LogP contribution in [0.15, 0.2) is 24.3 Å². The van der Waals surface area contributed by atoms with Crippen molar-refractivity contribution >= 4 is 5.97 Å². The van der Waals surface area contributed by atoms with Crippen LogP contribution in [0.2, 0.25) is 0 Å². The molecule has 5 nitrogen and oxygen atoms in total. The summed E-state index contributed by atoms with van der Waals surface area (Å²) in [5.41, 5.74) is 2.15. The average Bonchev–Trinajstić information content (AvgIpc) is 2.90. The van der Waals surface area contributed by atoms with Crippen molar-refractivity contribution in [1.82, 2.24) is 14.8 Å². The second-order valence-electron chi connectivity index (χ2n) is 5.09. The van der Waals surface area contributed by atoms with Crippen LogP contribution in [0.5, 0.6) is 0 Å². The van der Waals surface area contributed by atoms with Gasteiger partial charge in [-0.2, -0.15) is 0 Å². The highest BCUT2D eigenvalue weighted by atomic mass is 16.4. The fraction of sp³-hybridized carbons (Fsp3) is 0.438. The number of aromatic nitrogens is 3. The van der Waals surface area contributed by atoms with Gasteiger partial charge in [0.25, 0.3) is 5.82 Å². The van der Waals surface area contributed by atoms with Crippen molar-refractivity contribution in [3.05, 3.63) is 41.5 Å². The standard InChI is InChI=1S/C16H21N3O2/c1-3-5-7-12-8-10-13(11-9-12)19-14(6-4-2)17-15(18-19)16(20)21/h8-11H,3-7H2,1-2H3,(H,20,21). The van der Waals surface area contributed by atoms with Crippen LogP contribution in [0, 0.1) is 0 Å². The highest BCUT2D eigenvalue weighted by molar-refractivity contribution is 5.83. The first-order valence-electron chi connectivity index (χ1n) is 7.44. The Hall–Kier alpha value is -2.17. The molecule has 0 radical (unpaired) electrons. The lowest BCUT2D eigenvalue weighted by Gasteiger charge is -2.06. The van der Waals surface area contributed by atoms with E-state index in [1.165, 1.54) is 18.4 Å². The Bertz CT molecular complexity index is 602. The van der Waals surface area contributed by atoms with Gasteiger partial charge in [0.2, 0.25) is 0 Å². The van der Waals surface area contributed by atoms with Gasteiger partial charge in [-0.25, -0.2) is 14.5 Å². The van der Waals surface area contributed by atoms with E-state index >= 15 is 0 Å². The van der Waals surface area contributed by atoms with Crippen LogP contribution < -0.4 is 0 Å². The van der Waals surface area contributed by atoms with Crippen molar-refractivity contribution in [3.63, 3.8) is 0 Å². The smallest absolute Gasteiger partial charge is 0.375 e. The van der Waals surface area contributed by atoms with Crippen LogP contribution >= 0.6 is 0 Å². The van der Waals surface area contributed by atoms with Gasteiger partial charge in [-0.15, -0.1) is 5.10 Å². The summed E-state index contributed by atoms with van der Waals surface area (Å²) in [6.45, 7) is 4.21. The second-order valence-corrected chi connectivity index (χ2v) is 5.09. The number of hydrogen-bond acceptors (Lipinski definition) is 3. The first kappa shape index (κ1) is 15.2. The van der Waals surface area contributed by atoms with Gasteiger partial charge in [-0.3, -0.25) is 0 Å². The molecule has 0 aliphatic carbocycles. The van der Waals surface area contributed by atoms with Gasteiger partial charge in [-0.05, 0) is 37.0 Å². The highest BCUT2D eigenvalue weighted by Crippen LogP contribution is 2.14. The molecule has 1 heterocycles. The van der Waals surface area contributed by atoms with Gasteiger partial charge >= 0.3 is 5.97 Å². The summed E-state index contributed by atoms with van der Waals surface area (Å²) in [7, 11) is 0. The molecule has 0 unspecified atom stereocenters. The number of unbranched alkanes of at least 4 members (excludes halogenated alkanes) is 1. The number of carboxylic acids is 1. The van der Waals surface area contributed by atoms with E-state index in [0.29, 0.717) is 12.2 Å². The minimum Gasteiger partial charge on any atom is -0.475 e. The zero-order valence-electron chi connectivity index (χ0n) is 12.5. The molecule has 2 rings (SSSR count). The van der Waals surface area contributed by atoms with E-state index in [-0.39, 0.29) is 5.82 Å². The van der Waals surface area contributed by atoms with Crippen LogP contribution in [-0.2, 0) is 12.8 Å². The third-order valence-corrected chi connectivity index (χ3v) is 3.34. The van der Waals surface area contributed by atoms with E-state index in [0.717, 1.165) is 18.5 Å². The second kappa shape index (κ2) is 7.02. The molecule has 1 N–H and O–H groups in total. The van der Waals surface area contributed by atoms with Crippen molar-refractivity contribution in [2.24, 2.45) is 0 Å². The molecule has 0 fully saturated rings. The third kappa shape index (κ3) is 3.68. The molecular weight excluding hydrogens is 266 g/mol. The van der Waals surface area contributed by atoms with Gasteiger partial charge in [0.1, 0.15) is 5.82 Å². The molecule has 0 bridgehead atoms. The Morgan fingerprint density at radius 3 is 2.43 bits per heavy atom. The Morgan fingerprint density at radius 2 is 1.86 bits per heavy atom. The molecule has 0 aliphatic rings. The van der Waals surface area contributed by atoms with Crippen molar-refractivity contribution < 1.29 is 9.90 Å². The van der Waals surface area contributed by atoms with Crippen LogP contribution in [-0.4, -0.2) is 25.8 Å². The summed E-state index contributed by atoms with van der Waals surface area (Å²) < 4.78 is 1.64. The van der Waals surface area contributed by atoms with Crippen molar-refractivity contribution in [2.75, 3.05) is 0 Å². The van der Waals surface area contributed by atoms with Crippen LogP contribution in [0.1, 0.15) is 55.1 Å². The fourth-order valence-electron chi connectivity index (χ4n) is 2.21. The topological polar surface area (TPSA) is 68.0 Å². The molecule has 21 heavy (non-hydrogen) atoms. The lowest BCUT2D eigenvalue weighted by Crippen LogP contribution is -2.04. The molecule has 1 aromatic heterocycles. The Kier molecular flexibility index (Phi) is 5.09. The zero-order valence-corrected chi connectivity index (χ0v) is 12.5. The zero-order chi connectivity index (χ0) is 15.2. The quantitative estimate of drug-likeness (QED) is 0.848. The van der Waals surface area contributed by atoms with E-state index in [4.69, 9.17) is 5.11 Å². The third-order valence-electron chi connectivity index (χ3n) is 3.34. The van der Waals surface area contributed by atoms with Crippen molar-refractivity contribution in [3.8, 4) is 5.69 Å². The molecule has 0 spiro atoms. The van der Waals surface area contributed by atoms with Crippen LogP contribution in [0.3, 0.4) is 0 Å². The van der Waals surface area contributed by atoms with Gasteiger partial charge in [0.15, 0.2) is 0 Å². The van der Waals surface area contributed by atoms with E-state index in [2.05, 4.69) is 29.1 Å². The molecule has 0 saturated carbocycles. The molecule has 0 aliphatic heterocycles. The summed E-state index contributed by atoms with van der Waals surface area (Å²) in [6.07, 6.45) is 5.01. The molecule has 0 atom stereocenters. The summed E-state index contributed by atoms with van der Waals surface area (Å²) >= 11 is 0. The minimum atomic E-state index is -1.09. The van der Waals surface area contributed by atoms with E-state index < -0.39 is 5.97 Å². The molecule has 5 heteroatoms. The molecule has 1 aromatic carbocycles. The normalized spacial score (nSPS) is 10.8. The first-order valence-corrected chi connectivity index (χ1v) is 7.44. The number of benzene rings is 1. The number of aromatic carboxylic acids is 1. The summed E-state index contributed by atoms with van der Waals surface area (Å²) in [6, 6.07) is 8.10. The summed E-state index contributed by atoms with van der Waals surface area (Å²) in [5, 5.41) is 13.1. The largest absolute Gasteiger partial charge is 0.475 e. The van der Waals surface area contributed by atoms with E-state index in [1.54, 1.807) is 4.68 Å². The Balaban J connectivity index is 2.29. The maximum absolute atomic E-state index is 11.0. The lowest BCUT2D eigenvalue weighted by atomic mass is 10.1. The minimum absolute atomic E-state index is 0.145. The van der Waals surface area contributed by atoms with Gasteiger partial charge < -0.3 is 5.11 Å². The number of carbonyl (C=O) groups is 1. The molecule has 0 saturated heterocycles. The number of aryl methyl sites for hydroxylation is 2. The van der Waals surface area contributed by atoms with Gasteiger partial charge in [0, 0.05) is 6.42 Å². The Labute approximate surface area is 124 Å². The maximum Gasteiger partial charge on any atom is 0.375 e. The monoisotopic (exact) mass is 287 g/mol. The average molecular weight is 287 g/mol. The Morgan fingerprint density at radius 1 is 1.14 bits per heavy atom. The predicted molar refractivity (Wildman–Crippen MR) is 80.9 cm³/mol. The SMILES string of the molecule is CCCCc1ccc(-n2nc(C(=O)O)nc2CCC)cc1. The van der Waals surface area contributed by atoms with E-state index in [1.807, 2.05) is 19.1 Å². The van der Waals surface area contributed by atoms with E-state index in [9.17, 15) is 4.79 Å². The number of hydrogen-bond donors (Lipinski definition) is 1. The molecule has 2 aromatic rings. The number of rotatable bonds is 7.